The summed E-state index contributed by atoms with van der Waals surface area (Å²) in [4.78, 5) is 0. The van der Waals surface area contributed by atoms with Crippen molar-refractivity contribution < 1.29 is 31.7 Å². The minimum absolute atomic E-state index is 0.0692. The van der Waals surface area contributed by atoms with E-state index >= 15 is 0 Å². The minimum atomic E-state index is -4.41. The van der Waals surface area contributed by atoms with Crippen LogP contribution in [0.3, 0.4) is 0 Å². The Kier molecular flexibility index (Phi) is 18.6. The van der Waals surface area contributed by atoms with Crippen LogP contribution in [0.4, 0.5) is 0 Å². The van der Waals surface area contributed by atoms with Crippen molar-refractivity contribution in [3.05, 3.63) is 12.2 Å². The fourth-order valence-corrected chi connectivity index (χ4v) is 6.99. The lowest BCUT2D eigenvalue weighted by atomic mass is 9.88. The number of rotatable bonds is 22. The number of likely N-dealkylation sites (N-methyl/N-ethyl adjacent to an activating group) is 1. The maximum Gasteiger partial charge on any atom is 0.217 e. The van der Waals surface area contributed by atoms with Gasteiger partial charge in [-0.2, -0.15) is 4.65 Å². The van der Waals surface area contributed by atoms with Crippen LogP contribution in [0, 0.1) is 17.3 Å². The highest BCUT2D eigenvalue weighted by Crippen LogP contribution is 2.71. The number of hydrogen-bond donors (Lipinski definition) is 1. The van der Waals surface area contributed by atoms with Gasteiger partial charge in [0, 0.05) is 6.42 Å². The van der Waals surface area contributed by atoms with Crippen LogP contribution < -0.4 is 0 Å². The second-order valence-corrected chi connectivity index (χ2v) is 15.0. The summed E-state index contributed by atoms with van der Waals surface area (Å²) in [6.07, 6.45) is 28.5. The Morgan fingerprint density at radius 3 is 1.93 bits per heavy atom. The molecule has 0 saturated heterocycles. The predicted octanol–water partition coefficient (Wildman–Crippen LogP) is 8.96. The molecule has 42 heavy (non-hydrogen) atoms. The molecule has 0 spiro atoms. The van der Waals surface area contributed by atoms with Crippen molar-refractivity contribution in [3.8, 4) is 0 Å². The molecule has 5 unspecified atom stereocenters. The van der Waals surface area contributed by atoms with Gasteiger partial charge in [-0.1, -0.05) is 104 Å². The van der Waals surface area contributed by atoms with Crippen molar-refractivity contribution in [3.63, 3.8) is 0 Å². The van der Waals surface area contributed by atoms with Gasteiger partial charge in [-0.25, -0.2) is 13.6 Å². The lowest BCUT2D eigenvalue weighted by Gasteiger charge is -2.36. The van der Waals surface area contributed by atoms with Gasteiger partial charge in [0.25, 0.3) is 0 Å². The molecule has 0 aromatic carbocycles. The molecule has 0 aromatic rings. The van der Waals surface area contributed by atoms with Crippen LogP contribution in [0.2, 0.25) is 0 Å². The van der Waals surface area contributed by atoms with E-state index in [4.69, 9.17) is 4.74 Å². The summed E-state index contributed by atoms with van der Waals surface area (Å²) in [6.45, 7) is 13.0. The van der Waals surface area contributed by atoms with E-state index in [2.05, 4.69) is 51.0 Å². The monoisotopic (exact) mass is 617 g/mol. The summed E-state index contributed by atoms with van der Waals surface area (Å²) in [7, 11) is -1.63. The zero-order valence-corrected chi connectivity index (χ0v) is 29.2. The van der Waals surface area contributed by atoms with Crippen LogP contribution in [-0.2, 0) is 19.3 Å². The minimum Gasteiger partial charge on any atom is -0.726 e. The van der Waals surface area contributed by atoms with Crippen LogP contribution in [0.25, 0.3) is 0 Å². The Balaban J connectivity index is 0.00000132. The second kappa shape index (κ2) is 19.8. The van der Waals surface area contributed by atoms with Gasteiger partial charge in [0.2, 0.25) is 10.4 Å². The number of hydroxylamine groups is 3. The summed E-state index contributed by atoms with van der Waals surface area (Å²) in [5.41, 5.74) is 0.372. The number of hydrogen-bond acceptors (Lipinski definition) is 6. The summed E-state index contributed by atoms with van der Waals surface area (Å²) < 4.78 is 37.9. The summed E-state index contributed by atoms with van der Waals surface area (Å²) in [5.74, 6) is 1.48. The number of ether oxygens (including phenoxy) is 1. The first-order valence-corrected chi connectivity index (χ1v) is 18.5. The molecule has 0 bridgehead atoms. The van der Waals surface area contributed by atoms with Crippen molar-refractivity contribution in [2.75, 3.05) is 27.3 Å². The standard InChI is InChI=1S/C33H64NO2.CH4O4S/c1-7-9-10-11-12-13-14-15-16-17-18-19-20-21-22-23-24-30(34(6,35)8-2)28-36-33-27-29(3)25-26-31(33)32(33,4)5;1-5-6(2,3)4/h15-16,29-31,35H,7-14,17-28H2,1-6H3;1H3,(H,2,3,4)/q+1;/p-1/b16-15-;. The van der Waals surface area contributed by atoms with Crippen LogP contribution in [0.1, 0.15) is 150 Å². The molecule has 0 radical (unpaired) electrons. The molecule has 2 rings (SSSR count). The van der Waals surface area contributed by atoms with Crippen molar-refractivity contribution in [2.45, 2.75) is 162 Å². The average molecular weight is 618 g/mol. The third-order valence-electron chi connectivity index (χ3n) is 10.3. The van der Waals surface area contributed by atoms with Gasteiger partial charge in [-0.3, -0.25) is 4.18 Å². The molecule has 2 saturated carbocycles. The molecule has 0 heterocycles. The van der Waals surface area contributed by atoms with Gasteiger partial charge in [0.15, 0.2) is 0 Å². The predicted molar refractivity (Wildman–Crippen MR) is 172 cm³/mol. The van der Waals surface area contributed by atoms with Crippen molar-refractivity contribution >= 4 is 10.4 Å². The van der Waals surface area contributed by atoms with E-state index in [0.29, 0.717) is 17.9 Å². The Morgan fingerprint density at radius 1 is 0.929 bits per heavy atom. The molecular weight excluding hydrogens is 550 g/mol. The van der Waals surface area contributed by atoms with Gasteiger partial charge in [0.05, 0.1) is 19.8 Å². The number of unbranched alkanes of at least 4 members (excludes halogenated alkanes) is 12. The van der Waals surface area contributed by atoms with Crippen LogP contribution >= 0.6 is 0 Å². The maximum absolute atomic E-state index is 11.1. The summed E-state index contributed by atoms with van der Waals surface area (Å²) >= 11 is 0. The summed E-state index contributed by atoms with van der Waals surface area (Å²) in [6, 6.07) is 0.190. The highest BCUT2D eigenvalue weighted by Gasteiger charge is 2.73. The molecule has 8 heteroatoms. The van der Waals surface area contributed by atoms with Crippen LogP contribution in [0.15, 0.2) is 12.2 Å². The largest absolute Gasteiger partial charge is 0.726 e. The molecule has 2 aliphatic rings. The molecule has 1 N–H and O–H groups in total. The number of nitrogens with zero attached hydrogens (tertiary/aromatic N) is 1. The first kappa shape index (κ1) is 39.5. The third kappa shape index (κ3) is 14.1. The normalized spacial score (nSPS) is 25.4. The molecule has 250 valence electrons. The first-order chi connectivity index (χ1) is 19.8. The van der Waals surface area contributed by atoms with Gasteiger partial charge >= 0.3 is 0 Å². The molecular formula is C34H67NO6S. The Hall–Kier alpha value is -0.510. The van der Waals surface area contributed by atoms with E-state index in [1.54, 1.807) is 0 Å². The lowest BCUT2D eigenvalue weighted by molar-refractivity contribution is -1.10. The highest BCUT2D eigenvalue weighted by molar-refractivity contribution is 7.80. The fourth-order valence-electron chi connectivity index (χ4n) is 6.99. The molecule has 0 aromatic heterocycles. The third-order valence-corrected chi connectivity index (χ3v) is 10.7. The highest BCUT2D eigenvalue weighted by atomic mass is 32.3. The van der Waals surface area contributed by atoms with Crippen LogP contribution in [0.5, 0.6) is 0 Å². The van der Waals surface area contributed by atoms with Crippen molar-refractivity contribution in [1.29, 1.82) is 0 Å². The maximum atomic E-state index is 11.1. The lowest BCUT2D eigenvalue weighted by Crippen LogP contribution is -2.52. The van der Waals surface area contributed by atoms with Gasteiger partial charge in [-0.15, -0.1) is 0 Å². The number of quaternary nitrogens is 1. The summed E-state index contributed by atoms with van der Waals surface area (Å²) in [5, 5.41) is 11.1. The van der Waals surface area contributed by atoms with E-state index < -0.39 is 10.4 Å². The van der Waals surface area contributed by atoms with E-state index in [1.807, 2.05) is 7.05 Å². The molecule has 2 fully saturated rings. The molecule has 2 aliphatic carbocycles. The second-order valence-electron chi connectivity index (χ2n) is 13.8. The fraction of sp³-hybridized carbons (Fsp3) is 0.941. The van der Waals surface area contributed by atoms with Gasteiger partial charge in [0.1, 0.15) is 19.2 Å². The Bertz CT molecular complexity index is 843. The van der Waals surface area contributed by atoms with E-state index in [0.717, 1.165) is 26.0 Å². The topological polar surface area (TPSA) is 95.9 Å². The van der Waals surface area contributed by atoms with E-state index in [1.165, 1.54) is 109 Å². The zero-order chi connectivity index (χ0) is 31.7. The molecule has 7 nitrogen and oxygen atoms in total. The zero-order valence-electron chi connectivity index (χ0n) is 28.4. The Labute approximate surface area is 260 Å². The SMILES string of the molecule is CCCCCCCC/C=C\CCCCCCCCC(COC12CC(C)CCC1C2(C)C)[N+](C)(O)CC.COS(=O)(=O)[O-]. The molecule has 0 amide bonds. The first-order valence-electron chi connectivity index (χ1n) is 17.2. The van der Waals surface area contributed by atoms with Crippen LogP contribution in [-0.4, -0.2) is 61.8 Å². The Morgan fingerprint density at radius 2 is 1.43 bits per heavy atom. The molecule has 0 aliphatic heterocycles. The average Bonchev–Trinajstić information content (AvgIpc) is 3.42. The molecule has 5 atom stereocenters. The number of fused-ring (bicyclic) bond motifs is 1. The van der Waals surface area contributed by atoms with Gasteiger partial charge in [-0.05, 0) is 69.1 Å². The van der Waals surface area contributed by atoms with E-state index in [-0.39, 0.29) is 16.3 Å². The van der Waals surface area contributed by atoms with E-state index in [9.17, 15) is 18.2 Å². The van der Waals surface area contributed by atoms with Gasteiger partial charge < -0.3 is 9.29 Å². The van der Waals surface area contributed by atoms with Crippen molar-refractivity contribution in [1.82, 2.24) is 0 Å². The number of allylic oxidation sites excluding steroid dienone is 2. The smallest absolute Gasteiger partial charge is 0.217 e. The quantitative estimate of drug-likeness (QED) is 0.0325. The van der Waals surface area contributed by atoms with Crippen molar-refractivity contribution in [2.24, 2.45) is 17.3 Å².